The summed E-state index contributed by atoms with van der Waals surface area (Å²) in [6, 6.07) is 15.5. The summed E-state index contributed by atoms with van der Waals surface area (Å²) in [5.74, 6) is 0.722. The molecule has 0 spiro atoms. The molecule has 0 aliphatic rings. The third-order valence-electron chi connectivity index (χ3n) is 3.95. The third-order valence-corrected chi connectivity index (χ3v) is 4.48. The SMILES string of the molecule is CCOc1ccccc1CN(C)C(=O)c1cnn(-c2ccc(Br)cc2)c1. The Labute approximate surface area is 161 Å². The zero-order chi connectivity index (χ0) is 18.5. The maximum Gasteiger partial charge on any atom is 0.257 e. The molecule has 134 valence electrons. The molecule has 26 heavy (non-hydrogen) atoms. The van der Waals surface area contributed by atoms with E-state index in [2.05, 4.69) is 21.0 Å². The van der Waals surface area contributed by atoms with Gasteiger partial charge in [0.1, 0.15) is 5.75 Å². The number of halogens is 1. The molecule has 0 fully saturated rings. The highest BCUT2D eigenvalue weighted by atomic mass is 79.9. The van der Waals surface area contributed by atoms with E-state index >= 15 is 0 Å². The second-order valence-electron chi connectivity index (χ2n) is 5.85. The lowest BCUT2D eigenvalue weighted by atomic mass is 10.2. The fourth-order valence-electron chi connectivity index (χ4n) is 2.65. The van der Waals surface area contributed by atoms with Crippen LogP contribution in [0.25, 0.3) is 5.69 Å². The predicted octanol–water partition coefficient (Wildman–Crippen LogP) is 4.31. The molecule has 0 radical (unpaired) electrons. The zero-order valence-electron chi connectivity index (χ0n) is 14.7. The molecule has 5 nitrogen and oxygen atoms in total. The Bertz CT molecular complexity index is 890. The first-order valence-electron chi connectivity index (χ1n) is 8.35. The Kier molecular flexibility index (Phi) is 5.73. The minimum atomic E-state index is -0.0836. The maximum atomic E-state index is 12.7. The topological polar surface area (TPSA) is 47.4 Å². The number of hydrogen-bond acceptors (Lipinski definition) is 3. The summed E-state index contributed by atoms with van der Waals surface area (Å²) in [5, 5.41) is 4.30. The van der Waals surface area contributed by atoms with E-state index in [0.29, 0.717) is 18.7 Å². The van der Waals surface area contributed by atoms with E-state index in [-0.39, 0.29) is 5.91 Å². The molecule has 3 rings (SSSR count). The van der Waals surface area contributed by atoms with Gasteiger partial charge in [0.25, 0.3) is 5.91 Å². The van der Waals surface area contributed by atoms with Crippen LogP contribution in [0.2, 0.25) is 0 Å². The van der Waals surface area contributed by atoms with Crippen LogP contribution in [0.15, 0.2) is 65.4 Å². The first-order valence-corrected chi connectivity index (χ1v) is 9.14. The molecule has 1 heterocycles. The van der Waals surface area contributed by atoms with Crippen molar-refractivity contribution < 1.29 is 9.53 Å². The number of carbonyl (C=O) groups is 1. The van der Waals surface area contributed by atoms with Gasteiger partial charge in [0.05, 0.1) is 24.1 Å². The second-order valence-corrected chi connectivity index (χ2v) is 6.77. The van der Waals surface area contributed by atoms with Gasteiger partial charge >= 0.3 is 0 Å². The maximum absolute atomic E-state index is 12.7. The van der Waals surface area contributed by atoms with Gasteiger partial charge in [-0.05, 0) is 37.3 Å². The number of nitrogens with zero attached hydrogens (tertiary/aromatic N) is 3. The van der Waals surface area contributed by atoms with E-state index < -0.39 is 0 Å². The molecule has 2 aromatic carbocycles. The lowest BCUT2D eigenvalue weighted by molar-refractivity contribution is 0.0784. The third kappa shape index (κ3) is 4.14. The highest BCUT2D eigenvalue weighted by Crippen LogP contribution is 2.20. The van der Waals surface area contributed by atoms with Crippen LogP contribution in [0, 0.1) is 0 Å². The lowest BCUT2D eigenvalue weighted by Gasteiger charge is -2.18. The van der Waals surface area contributed by atoms with Crippen molar-refractivity contribution in [2.45, 2.75) is 13.5 Å². The number of carbonyl (C=O) groups excluding carboxylic acids is 1. The van der Waals surface area contributed by atoms with Crippen LogP contribution in [-0.2, 0) is 6.54 Å². The van der Waals surface area contributed by atoms with Crippen molar-refractivity contribution in [2.24, 2.45) is 0 Å². The van der Waals surface area contributed by atoms with Crippen LogP contribution in [-0.4, -0.2) is 34.2 Å². The fraction of sp³-hybridized carbons (Fsp3) is 0.200. The predicted molar refractivity (Wildman–Crippen MR) is 105 cm³/mol. The first kappa shape index (κ1) is 18.2. The first-order chi connectivity index (χ1) is 12.6. The summed E-state index contributed by atoms with van der Waals surface area (Å²) >= 11 is 3.41. The molecule has 1 amide bonds. The van der Waals surface area contributed by atoms with Gasteiger partial charge in [0, 0.05) is 29.8 Å². The average molecular weight is 414 g/mol. The number of para-hydroxylation sites is 1. The van der Waals surface area contributed by atoms with Crippen molar-refractivity contribution >= 4 is 21.8 Å². The van der Waals surface area contributed by atoms with Gasteiger partial charge in [0.15, 0.2) is 0 Å². The number of aromatic nitrogens is 2. The van der Waals surface area contributed by atoms with Gasteiger partial charge in [-0.25, -0.2) is 4.68 Å². The Balaban J connectivity index is 1.74. The normalized spacial score (nSPS) is 10.6. The zero-order valence-corrected chi connectivity index (χ0v) is 16.3. The largest absolute Gasteiger partial charge is 0.494 e. The van der Waals surface area contributed by atoms with Gasteiger partial charge in [-0.1, -0.05) is 34.1 Å². The van der Waals surface area contributed by atoms with Crippen molar-refractivity contribution in [3.05, 3.63) is 76.5 Å². The van der Waals surface area contributed by atoms with Crippen LogP contribution in [0.4, 0.5) is 0 Å². The smallest absolute Gasteiger partial charge is 0.257 e. The molecule has 0 aliphatic carbocycles. The van der Waals surface area contributed by atoms with Gasteiger partial charge in [-0.2, -0.15) is 5.10 Å². The average Bonchev–Trinajstić information content (AvgIpc) is 3.13. The van der Waals surface area contributed by atoms with Crippen molar-refractivity contribution in [3.8, 4) is 11.4 Å². The van der Waals surface area contributed by atoms with Gasteiger partial charge < -0.3 is 9.64 Å². The van der Waals surface area contributed by atoms with E-state index in [9.17, 15) is 4.79 Å². The highest BCUT2D eigenvalue weighted by molar-refractivity contribution is 9.10. The Hall–Kier alpha value is -2.60. The monoisotopic (exact) mass is 413 g/mol. The minimum Gasteiger partial charge on any atom is -0.494 e. The van der Waals surface area contributed by atoms with E-state index in [4.69, 9.17) is 4.74 Å². The summed E-state index contributed by atoms with van der Waals surface area (Å²) < 4.78 is 8.33. The molecular formula is C20H20BrN3O2. The van der Waals surface area contributed by atoms with Crippen LogP contribution in [0.5, 0.6) is 5.75 Å². The summed E-state index contributed by atoms with van der Waals surface area (Å²) in [4.78, 5) is 14.4. The lowest BCUT2D eigenvalue weighted by Crippen LogP contribution is -2.26. The number of amides is 1. The molecule has 0 bridgehead atoms. The van der Waals surface area contributed by atoms with Crippen molar-refractivity contribution in [3.63, 3.8) is 0 Å². The van der Waals surface area contributed by atoms with E-state index in [0.717, 1.165) is 21.5 Å². The Morgan fingerprint density at radius 2 is 1.92 bits per heavy atom. The van der Waals surface area contributed by atoms with E-state index in [1.165, 1.54) is 0 Å². The number of hydrogen-bond donors (Lipinski definition) is 0. The molecule has 0 N–H and O–H groups in total. The van der Waals surface area contributed by atoms with Crippen molar-refractivity contribution in [1.82, 2.24) is 14.7 Å². The summed E-state index contributed by atoms with van der Waals surface area (Å²) in [7, 11) is 1.78. The Morgan fingerprint density at radius 3 is 2.65 bits per heavy atom. The van der Waals surface area contributed by atoms with Gasteiger partial charge in [-0.3, -0.25) is 4.79 Å². The standard InChI is InChI=1S/C20H20BrN3O2/c1-3-26-19-7-5-4-6-15(19)13-23(2)20(25)16-12-22-24(14-16)18-10-8-17(21)9-11-18/h4-12,14H,3,13H2,1-2H3. The van der Waals surface area contributed by atoms with Crippen molar-refractivity contribution in [2.75, 3.05) is 13.7 Å². The fourth-order valence-corrected chi connectivity index (χ4v) is 2.91. The number of benzene rings is 2. The van der Waals surface area contributed by atoms with Gasteiger partial charge in [-0.15, -0.1) is 0 Å². The molecule has 0 saturated carbocycles. The second kappa shape index (κ2) is 8.19. The molecule has 6 heteroatoms. The van der Waals surface area contributed by atoms with Crippen LogP contribution >= 0.6 is 15.9 Å². The summed E-state index contributed by atoms with van der Waals surface area (Å²) in [5.41, 5.74) is 2.42. The van der Waals surface area contributed by atoms with Crippen molar-refractivity contribution in [1.29, 1.82) is 0 Å². The quantitative estimate of drug-likeness (QED) is 0.604. The highest BCUT2D eigenvalue weighted by Gasteiger charge is 2.16. The van der Waals surface area contributed by atoms with E-state index in [1.807, 2.05) is 55.5 Å². The molecule has 0 atom stereocenters. The van der Waals surface area contributed by atoms with Gasteiger partial charge in [0.2, 0.25) is 0 Å². The molecule has 0 unspecified atom stereocenters. The minimum absolute atomic E-state index is 0.0836. The van der Waals surface area contributed by atoms with Crippen LogP contribution in [0.1, 0.15) is 22.8 Å². The molecule has 3 aromatic rings. The molecule has 1 aromatic heterocycles. The van der Waals surface area contributed by atoms with E-state index in [1.54, 1.807) is 29.0 Å². The van der Waals surface area contributed by atoms with Crippen LogP contribution < -0.4 is 4.74 Å². The summed E-state index contributed by atoms with van der Waals surface area (Å²) in [6.07, 6.45) is 3.34. The molecular weight excluding hydrogens is 394 g/mol. The molecule has 0 aliphatic heterocycles. The van der Waals surface area contributed by atoms with Crippen LogP contribution in [0.3, 0.4) is 0 Å². The molecule has 0 saturated heterocycles. The summed E-state index contributed by atoms with van der Waals surface area (Å²) in [6.45, 7) is 3.01. The Morgan fingerprint density at radius 1 is 1.19 bits per heavy atom. The number of ether oxygens (including phenoxy) is 1. The number of rotatable bonds is 6.